The molecule has 0 fully saturated rings. The normalized spacial score (nSPS) is 9.29. The highest BCUT2D eigenvalue weighted by Gasteiger charge is 1.80. The van der Waals surface area contributed by atoms with E-state index in [0.29, 0.717) is 0 Å². The van der Waals surface area contributed by atoms with Gasteiger partial charge < -0.3 is 0 Å². The van der Waals surface area contributed by atoms with E-state index < -0.39 is 0 Å². The molecule has 0 N–H and O–H groups in total. The van der Waals surface area contributed by atoms with Crippen LogP contribution in [0.3, 0.4) is 0 Å². The van der Waals surface area contributed by atoms with Gasteiger partial charge >= 0.3 is 0 Å². The minimum absolute atomic E-state index is 1.27. The first-order chi connectivity index (χ1) is 3.43. The lowest BCUT2D eigenvalue weighted by atomic mass is 11.0. The van der Waals surface area contributed by atoms with Gasteiger partial charge in [0.25, 0.3) is 0 Å². The molecule has 0 aromatic carbocycles. The topological polar surface area (TPSA) is 30.7 Å². The Bertz CT molecular complexity index is 125. The lowest BCUT2D eigenvalue weighted by molar-refractivity contribution is 0.893. The fourth-order valence-electron chi connectivity index (χ4n) is 0.266. The molecule has 1 heterocycles. The van der Waals surface area contributed by atoms with Crippen molar-refractivity contribution in [1.82, 2.24) is 14.4 Å². The summed E-state index contributed by atoms with van der Waals surface area (Å²) >= 11 is 1.27. The molecule has 0 aliphatic carbocycles. The van der Waals surface area contributed by atoms with Gasteiger partial charge in [-0.1, -0.05) is 5.21 Å². The first-order valence-corrected chi connectivity index (χ1v) is 2.66. The summed E-state index contributed by atoms with van der Waals surface area (Å²) < 4.78 is 1.57. The van der Waals surface area contributed by atoms with Crippen LogP contribution in [0.1, 0.15) is 0 Å². The highest BCUT2D eigenvalue weighted by atomic mass is 32.2. The van der Waals surface area contributed by atoms with Crippen molar-refractivity contribution in [2.75, 3.05) is 0 Å². The molecular formula is C3H4N3S. The molecular weight excluding hydrogens is 110 g/mol. The maximum atomic E-state index is 3.60. The van der Waals surface area contributed by atoms with Crippen LogP contribution < -0.4 is 0 Å². The van der Waals surface area contributed by atoms with Crippen molar-refractivity contribution in [1.29, 1.82) is 0 Å². The van der Waals surface area contributed by atoms with Crippen LogP contribution in [-0.2, 0) is 0 Å². The van der Waals surface area contributed by atoms with Crippen molar-refractivity contribution in [3.63, 3.8) is 0 Å². The number of hydrogen-bond donors (Lipinski definition) is 0. The monoisotopic (exact) mass is 114 g/mol. The molecule has 0 amide bonds. The zero-order valence-corrected chi connectivity index (χ0v) is 4.43. The van der Waals surface area contributed by atoms with Crippen molar-refractivity contribution in [3.8, 4) is 0 Å². The minimum atomic E-state index is 1.27. The molecule has 1 aromatic heterocycles. The largest absolute Gasteiger partial charge is 0.194 e. The van der Waals surface area contributed by atoms with Crippen molar-refractivity contribution in [3.05, 3.63) is 18.6 Å². The van der Waals surface area contributed by atoms with Crippen LogP contribution in [-0.4, -0.2) is 14.4 Å². The number of hydrogen-bond acceptors (Lipinski definition) is 3. The molecule has 3 nitrogen and oxygen atoms in total. The molecule has 0 aliphatic heterocycles. The van der Waals surface area contributed by atoms with Crippen LogP contribution in [0.2, 0.25) is 0 Å². The van der Waals surface area contributed by atoms with Gasteiger partial charge in [-0.05, 0) is 11.9 Å². The second-order valence-corrected chi connectivity index (χ2v) is 1.57. The molecule has 1 rings (SSSR count). The second kappa shape index (κ2) is 1.97. The number of aromatic nitrogens is 3. The summed E-state index contributed by atoms with van der Waals surface area (Å²) in [4.78, 5) is 0. The van der Waals surface area contributed by atoms with E-state index in [-0.39, 0.29) is 0 Å². The van der Waals surface area contributed by atoms with Gasteiger partial charge in [0.05, 0.1) is 12.4 Å². The molecule has 0 bridgehead atoms. The van der Waals surface area contributed by atoms with Crippen LogP contribution in [0.5, 0.6) is 0 Å². The van der Waals surface area contributed by atoms with E-state index >= 15 is 0 Å². The Balaban J connectivity index is 2.76. The maximum absolute atomic E-state index is 3.60. The van der Waals surface area contributed by atoms with Gasteiger partial charge in [0, 0.05) is 6.26 Å². The summed E-state index contributed by atoms with van der Waals surface area (Å²) in [6.45, 7) is 0. The van der Waals surface area contributed by atoms with E-state index in [1.165, 1.54) is 11.9 Å². The Kier molecular flexibility index (Phi) is 1.31. The lowest BCUT2D eigenvalue weighted by Crippen LogP contribution is -1.81. The summed E-state index contributed by atoms with van der Waals surface area (Å²) in [6, 6.07) is 0. The summed E-state index contributed by atoms with van der Waals surface area (Å²) in [5.74, 6) is 0. The Hall–Kier alpha value is -0.510. The Morgan fingerprint density at radius 1 is 1.71 bits per heavy atom. The number of rotatable bonds is 1. The zero-order valence-electron chi connectivity index (χ0n) is 3.61. The second-order valence-electron chi connectivity index (χ2n) is 0.935. The molecule has 0 unspecified atom stereocenters. The predicted molar refractivity (Wildman–Crippen MR) is 28.4 cm³/mol. The smallest absolute Gasteiger partial charge is 0.0704 e. The van der Waals surface area contributed by atoms with Gasteiger partial charge in [0.2, 0.25) is 0 Å². The van der Waals surface area contributed by atoms with Gasteiger partial charge in [0.15, 0.2) is 0 Å². The molecule has 0 aliphatic rings. The molecule has 0 spiro atoms. The molecule has 4 heteroatoms. The van der Waals surface area contributed by atoms with E-state index in [0.717, 1.165) is 0 Å². The van der Waals surface area contributed by atoms with Crippen LogP contribution in [0.15, 0.2) is 12.4 Å². The third kappa shape index (κ3) is 0.928. The highest BCUT2D eigenvalue weighted by Crippen LogP contribution is 1.94. The van der Waals surface area contributed by atoms with Crippen molar-refractivity contribution < 1.29 is 0 Å². The van der Waals surface area contributed by atoms with Crippen molar-refractivity contribution >= 4 is 11.9 Å². The van der Waals surface area contributed by atoms with Crippen LogP contribution in [0.4, 0.5) is 0 Å². The average Bonchev–Trinajstić information content (AvgIpc) is 2.14. The highest BCUT2D eigenvalue weighted by molar-refractivity contribution is 7.98. The average molecular weight is 114 g/mol. The molecule has 37 valence electrons. The van der Waals surface area contributed by atoms with E-state index in [1.54, 1.807) is 16.5 Å². The first kappa shape index (κ1) is 4.64. The van der Waals surface area contributed by atoms with Gasteiger partial charge in [-0.2, -0.15) is 4.09 Å². The molecule has 1 aromatic rings. The van der Waals surface area contributed by atoms with Crippen LogP contribution in [0.25, 0.3) is 0 Å². The van der Waals surface area contributed by atoms with Crippen molar-refractivity contribution in [2.24, 2.45) is 0 Å². The third-order valence-electron chi connectivity index (χ3n) is 0.533. The Morgan fingerprint density at radius 3 is 2.86 bits per heavy atom. The SMILES string of the molecule is [CH2]Sn1ccnn1. The van der Waals surface area contributed by atoms with Gasteiger partial charge in [-0.15, -0.1) is 5.10 Å². The summed E-state index contributed by atoms with van der Waals surface area (Å²) in [5, 5.41) is 7.15. The Labute approximate surface area is 45.9 Å². The van der Waals surface area contributed by atoms with E-state index in [9.17, 15) is 0 Å². The minimum Gasteiger partial charge on any atom is -0.194 e. The van der Waals surface area contributed by atoms with E-state index in [1.807, 2.05) is 0 Å². The third-order valence-corrected chi connectivity index (χ3v) is 0.992. The molecule has 0 saturated carbocycles. The summed E-state index contributed by atoms with van der Waals surface area (Å²) in [5.41, 5.74) is 0. The van der Waals surface area contributed by atoms with Crippen molar-refractivity contribution in [2.45, 2.75) is 0 Å². The quantitative estimate of drug-likeness (QED) is 0.534. The standard InChI is InChI=1S/C3H4N3S/c1-7-6-3-2-4-5-6/h2-3H,1H2. The molecule has 7 heavy (non-hydrogen) atoms. The van der Waals surface area contributed by atoms with E-state index in [4.69, 9.17) is 0 Å². The van der Waals surface area contributed by atoms with Gasteiger partial charge in [0.1, 0.15) is 0 Å². The fourth-order valence-corrected chi connectivity index (χ4v) is 0.501. The van der Waals surface area contributed by atoms with E-state index in [2.05, 4.69) is 16.6 Å². The molecule has 1 radical (unpaired) electrons. The zero-order chi connectivity index (χ0) is 5.11. The Morgan fingerprint density at radius 2 is 2.57 bits per heavy atom. The lowest BCUT2D eigenvalue weighted by Gasteiger charge is -1.83. The first-order valence-electron chi connectivity index (χ1n) is 1.72. The maximum Gasteiger partial charge on any atom is 0.0704 e. The fraction of sp³-hybridized carbons (Fsp3) is 0. The predicted octanol–water partition coefficient (Wildman–Crippen LogP) is 0.566. The molecule has 0 saturated heterocycles. The summed E-state index contributed by atoms with van der Waals surface area (Å²) in [6.07, 6.45) is 6.85. The number of nitrogens with zero attached hydrogens (tertiary/aromatic N) is 3. The van der Waals surface area contributed by atoms with Gasteiger partial charge in [-0.25, -0.2) is 0 Å². The van der Waals surface area contributed by atoms with Crippen LogP contribution in [0, 0.1) is 6.26 Å². The molecule has 0 atom stereocenters. The summed E-state index contributed by atoms with van der Waals surface area (Å²) in [7, 11) is 0. The van der Waals surface area contributed by atoms with Crippen LogP contribution >= 0.6 is 11.9 Å². The van der Waals surface area contributed by atoms with Gasteiger partial charge in [-0.3, -0.25) is 0 Å².